The van der Waals surface area contributed by atoms with Crippen molar-refractivity contribution >= 4 is 29.4 Å². The summed E-state index contributed by atoms with van der Waals surface area (Å²) >= 11 is 0. The number of esters is 1. The van der Waals surface area contributed by atoms with Crippen molar-refractivity contribution in [2.24, 2.45) is 5.73 Å². The highest BCUT2D eigenvalue weighted by Gasteiger charge is 2.30. The molecule has 0 saturated heterocycles. The largest absolute Gasteiger partial charge is 0.476 e. The van der Waals surface area contributed by atoms with E-state index in [0.29, 0.717) is 30.5 Å². The molecule has 14 heteroatoms. The first-order valence-electron chi connectivity index (χ1n) is 16.4. The number of carboxylic acid groups (broad SMARTS) is 1. The Hall–Kier alpha value is -6.02. The van der Waals surface area contributed by atoms with Gasteiger partial charge in [-0.3, -0.25) is 9.59 Å². The van der Waals surface area contributed by atoms with Crippen LogP contribution in [0.3, 0.4) is 0 Å². The van der Waals surface area contributed by atoms with Gasteiger partial charge in [0.15, 0.2) is 23.0 Å². The number of halogens is 2. The molecule has 0 bridgehead atoms. The zero-order valence-corrected chi connectivity index (χ0v) is 29.0. The molecule has 2 aromatic heterocycles. The average molecular weight is 713 g/mol. The van der Waals surface area contributed by atoms with E-state index in [4.69, 9.17) is 10.5 Å². The minimum absolute atomic E-state index is 0.0577. The number of nitrogens with zero attached hydrogens (tertiary/aromatic N) is 3. The summed E-state index contributed by atoms with van der Waals surface area (Å²) in [5.41, 5.74) is 8.32. The second-order valence-electron chi connectivity index (χ2n) is 13.1. The maximum Gasteiger partial charge on any atom is 0.356 e. The molecule has 52 heavy (non-hydrogen) atoms. The maximum absolute atomic E-state index is 13.6. The number of ether oxygens (including phenoxy) is 1. The Morgan fingerprint density at radius 3 is 2.31 bits per heavy atom. The molecule has 0 aliphatic heterocycles. The molecule has 1 aliphatic carbocycles. The van der Waals surface area contributed by atoms with Crippen molar-refractivity contribution in [3.8, 4) is 0 Å². The van der Waals surface area contributed by atoms with E-state index in [9.17, 15) is 33.1 Å². The number of hydrogen-bond donors (Lipinski definition) is 4. The van der Waals surface area contributed by atoms with Gasteiger partial charge in [-0.05, 0) is 86.6 Å². The first kappa shape index (κ1) is 37.2. The van der Waals surface area contributed by atoms with Gasteiger partial charge in [0.2, 0.25) is 0 Å². The lowest BCUT2D eigenvalue weighted by atomic mass is 9.97. The second kappa shape index (κ2) is 15.5. The normalized spacial score (nSPS) is 13.5. The Labute approximate surface area is 298 Å². The molecular weight excluding hydrogens is 674 g/mol. The highest BCUT2D eigenvalue weighted by Crippen LogP contribution is 2.35. The number of nitrogens with two attached hydrogens (primary N) is 1. The number of amides is 2. The molecule has 5 N–H and O–H groups in total. The molecule has 2 heterocycles. The van der Waals surface area contributed by atoms with Crippen molar-refractivity contribution in [3.05, 3.63) is 135 Å². The third-order valence-corrected chi connectivity index (χ3v) is 8.24. The Kier molecular flexibility index (Phi) is 11.1. The fourth-order valence-electron chi connectivity index (χ4n) is 5.71. The monoisotopic (exact) mass is 712 g/mol. The maximum atomic E-state index is 13.6. The summed E-state index contributed by atoms with van der Waals surface area (Å²) in [5, 5.41) is 18.9. The first-order chi connectivity index (χ1) is 24.6. The SMILES string of the molecule is Cc1c(C(=O)OC(C)(C)C)ccc2c1CC[C@@H]2NC(=O)c1cc(C(=O)NCc2ccc(F)c(F)c2)nc2cc(C(=O)O)nn12.NCc1ccccc1. The molecular formula is C38H38F2N6O6. The topological polar surface area (TPSA) is 178 Å². The van der Waals surface area contributed by atoms with Crippen molar-refractivity contribution in [1.82, 2.24) is 25.2 Å². The Morgan fingerprint density at radius 1 is 0.942 bits per heavy atom. The molecule has 5 aromatic rings. The first-order valence-corrected chi connectivity index (χ1v) is 16.4. The fraction of sp³-hybridized carbons (Fsp3) is 0.263. The van der Waals surface area contributed by atoms with Gasteiger partial charge in [-0.2, -0.15) is 5.10 Å². The van der Waals surface area contributed by atoms with Crippen LogP contribution in [0, 0.1) is 18.6 Å². The van der Waals surface area contributed by atoms with Crippen LogP contribution in [-0.2, 0) is 24.2 Å². The highest BCUT2D eigenvalue weighted by atomic mass is 19.2. The van der Waals surface area contributed by atoms with E-state index in [-0.39, 0.29) is 29.3 Å². The number of aromatic carboxylic acids is 1. The molecule has 1 aliphatic rings. The highest BCUT2D eigenvalue weighted by molar-refractivity contribution is 5.99. The minimum atomic E-state index is -1.35. The van der Waals surface area contributed by atoms with Crippen LogP contribution in [0.1, 0.15) is 103 Å². The lowest BCUT2D eigenvalue weighted by molar-refractivity contribution is 0.00681. The van der Waals surface area contributed by atoms with Gasteiger partial charge in [-0.15, -0.1) is 0 Å². The standard InChI is InChI=1S/C31H29F2N5O6.C7H9N/c1-15-17-8-10-22(19(17)7-6-18(15)30(43)44-31(2,3)4)36-28(40)25-12-23(35-26-13-24(29(41)42)37-38(25)26)27(39)34-14-16-5-9-20(32)21(33)11-16;8-6-7-4-2-1-3-5-7/h5-7,9,11-13,22H,8,10,14H2,1-4H3,(H,34,39)(H,36,40)(H,41,42);1-5H,6,8H2/t22-;/m0./s1. The Balaban J connectivity index is 0.000000577. The predicted octanol–water partition coefficient (Wildman–Crippen LogP) is 5.46. The number of hydrogen-bond acceptors (Lipinski definition) is 8. The number of carboxylic acids is 1. The number of carbonyl (C=O) groups excluding carboxylic acids is 3. The van der Waals surface area contributed by atoms with E-state index in [1.165, 1.54) is 17.7 Å². The summed E-state index contributed by atoms with van der Waals surface area (Å²) in [4.78, 5) is 55.1. The number of fused-ring (bicyclic) bond motifs is 2. The van der Waals surface area contributed by atoms with Gasteiger partial charge in [0.25, 0.3) is 11.8 Å². The smallest absolute Gasteiger partial charge is 0.356 e. The number of carbonyl (C=O) groups is 4. The quantitative estimate of drug-likeness (QED) is 0.152. The summed E-state index contributed by atoms with van der Waals surface area (Å²) in [7, 11) is 0. The van der Waals surface area contributed by atoms with Crippen molar-refractivity contribution < 1.29 is 37.8 Å². The summed E-state index contributed by atoms with van der Waals surface area (Å²) in [6.45, 7) is 7.67. The predicted molar refractivity (Wildman–Crippen MR) is 187 cm³/mol. The van der Waals surface area contributed by atoms with Crippen molar-refractivity contribution in [2.75, 3.05) is 0 Å². The number of rotatable bonds is 8. The number of nitrogens with one attached hydrogen (secondary N) is 2. The van der Waals surface area contributed by atoms with E-state index in [1.807, 2.05) is 37.3 Å². The lowest BCUT2D eigenvalue weighted by Gasteiger charge is -2.21. The summed E-state index contributed by atoms with van der Waals surface area (Å²) in [5.74, 6) is -5.26. The molecule has 6 rings (SSSR count). The van der Waals surface area contributed by atoms with Gasteiger partial charge in [0.1, 0.15) is 17.0 Å². The molecule has 0 saturated carbocycles. The van der Waals surface area contributed by atoms with E-state index in [2.05, 4.69) is 20.7 Å². The van der Waals surface area contributed by atoms with Crippen LogP contribution in [0.25, 0.3) is 5.65 Å². The molecule has 0 spiro atoms. The Morgan fingerprint density at radius 2 is 1.67 bits per heavy atom. The van der Waals surface area contributed by atoms with Crippen LogP contribution in [0.2, 0.25) is 0 Å². The van der Waals surface area contributed by atoms with E-state index in [0.717, 1.165) is 39.4 Å². The summed E-state index contributed by atoms with van der Waals surface area (Å²) in [6, 6.07) is 18.5. The third-order valence-electron chi connectivity index (χ3n) is 8.24. The van der Waals surface area contributed by atoms with Gasteiger partial charge >= 0.3 is 11.9 Å². The van der Waals surface area contributed by atoms with Gasteiger partial charge in [-0.1, -0.05) is 42.5 Å². The molecule has 270 valence electrons. The number of aromatic nitrogens is 3. The second-order valence-corrected chi connectivity index (χ2v) is 13.1. The average Bonchev–Trinajstić information content (AvgIpc) is 3.73. The molecule has 2 amide bonds. The van der Waals surface area contributed by atoms with Gasteiger partial charge in [0, 0.05) is 25.2 Å². The molecule has 1 atom stereocenters. The van der Waals surface area contributed by atoms with Crippen molar-refractivity contribution in [3.63, 3.8) is 0 Å². The van der Waals surface area contributed by atoms with E-state index in [1.54, 1.807) is 32.9 Å². The Bertz CT molecular complexity index is 2160. The lowest BCUT2D eigenvalue weighted by Crippen LogP contribution is -2.31. The van der Waals surface area contributed by atoms with Crippen LogP contribution in [0.5, 0.6) is 0 Å². The van der Waals surface area contributed by atoms with Crippen LogP contribution in [-0.4, -0.2) is 49.1 Å². The van der Waals surface area contributed by atoms with Crippen LogP contribution in [0.4, 0.5) is 8.78 Å². The van der Waals surface area contributed by atoms with Crippen LogP contribution >= 0.6 is 0 Å². The van der Waals surface area contributed by atoms with Gasteiger partial charge in [0.05, 0.1) is 11.6 Å². The van der Waals surface area contributed by atoms with Crippen LogP contribution in [0.15, 0.2) is 72.8 Å². The molecule has 12 nitrogen and oxygen atoms in total. The zero-order valence-electron chi connectivity index (χ0n) is 29.0. The van der Waals surface area contributed by atoms with E-state index >= 15 is 0 Å². The molecule has 3 aromatic carbocycles. The van der Waals surface area contributed by atoms with Crippen LogP contribution < -0.4 is 16.4 Å². The number of benzene rings is 3. The zero-order chi connectivity index (χ0) is 37.7. The fourth-order valence-corrected chi connectivity index (χ4v) is 5.71. The molecule has 0 unspecified atom stereocenters. The van der Waals surface area contributed by atoms with Crippen molar-refractivity contribution in [2.45, 2.75) is 65.3 Å². The van der Waals surface area contributed by atoms with Gasteiger partial charge in [-0.25, -0.2) is 27.9 Å². The summed E-state index contributed by atoms with van der Waals surface area (Å²) in [6.07, 6.45) is 1.13. The van der Waals surface area contributed by atoms with E-state index < -0.39 is 47.0 Å². The molecule has 0 fully saturated rings. The minimum Gasteiger partial charge on any atom is -0.476 e. The van der Waals surface area contributed by atoms with Crippen molar-refractivity contribution in [1.29, 1.82) is 0 Å². The van der Waals surface area contributed by atoms with Gasteiger partial charge < -0.3 is 26.2 Å². The third kappa shape index (κ3) is 8.64. The summed E-state index contributed by atoms with van der Waals surface area (Å²) < 4.78 is 33.4. The molecule has 0 radical (unpaired) electrons.